The lowest BCUT2D eigenvalue weighted by molar-refractivity contribution is -0.384. The maximum atomic E-state index is 14.0. The minimum Gasteiger partial charge on any atom is -0.369 e. The summed E-state index contributed by atoms with van der Waals surface area (Å²) in [6, 6.07) is 2.25. The molecule has 1 aromatic carbocycles. The van der Waals surface area contributed by atoms with Gasteiger partial charge in [0.25, 0.3) is 5.92 Å². The van der Waals surface area contributed by atoms with E-state index in [-0.39, 0.29) is 23.1 Å². The molecular formula is C16H19F3N4O2. The number of anilines is 1. The van der Waals surface area contributed by atoms with Crippen LogP contribution in [-0.2, 0) is 0 Å². The number of halogens is 3. The van der Waals surface area contributed by atoms with Crippen LogP contribution >= 0.6 is 0 Å². The number of nitrogens with one attached hydrogen (secondary N) is 1. The Balaban J connectivity index is 0.00000109. The molecule has 1 unspecified atom stereocenters. The number of likely N-dealkylation sites (N-methyl/N-ethyl adjacent to an activating group) is 1. The summed E-state index contributed by atoms with van der Waals surface area (Å²) in [5, 5.41) is 13.8. The van der Waals surface area contributed by atoms with Crippen LogP contribution in [0.1, 0.15) is 13.8 Å². The number of alkyl halides is 2. The third-order valence-corrected chi connectivity index (χ3v) is 3.81. The van der Waals surface area contributed by atoms with Crippen LogP contribution in [0.15, 0.2) is 24.4 Å². The number of nitro groups is 1. The van der Waals surface area contributed by atoms with E-state index in [4.69, 9.17) is 0 Å². The number of fused-ring (bicyclic) bond motifs is 1. The number of benzene rings is 1. The standard InChI is InChI=1S/C14H13F3N4O2.C2H6/c1-20-6-12(14(16,17)7-20)19-13-9-4-8(15)2-3-10(9)18-5-11(13)21(22)23;1-2/h2-5,12H,6-7H2,1H3,(H,18,19);1-2H3. The Hall–Kier alpha value is -2.42. The van der Waals surface area contributed by atoms with Gasteiger partial charge >= 0.3 is 5.69 Å². The van der Waals surface area contributed by atoms with Crippen LogP contribution in [0.5, 0.6) is 0 Å². The smallest absolute Gasteiger partial charge is 0.311 e. The van der Waals surface area contributed by atoms with Crippen molar-refractivity contribution in [2.45, 2.75) is 25.8 Å². The minimum atomic E-state index is -3.05. The van der Waals surface area contributed by atoms with Gasteiger partial charge in [0.1, 0.15) is 23.7 Å². The molecule has 0 aliphatic carbocycles. The number of nitrogens with zero attached hydrogens (tertiary/aromatic N) is 3. The summed E-state index contributed by atoms with van der Waals surface area (Å²) in [7, 11) is 1.54. The van der Waals surface area contributed by atoms with Gasteiger partial charge in [-0.15, -0.1) is 0 Å². The van der Waals surface area contributed by atoms with E-state index in [1.165, 1.54) is 18.0 Å². The monoisotopic (exact) mass is 356 g/mol. The van der Waals surface area contributed by atoms with Gasteiger partial charge in [0.05, 0.1) is 17.0 Å². The van der Waals surface area contributed by atoms with E-state index in [0.717, 1.165) is 18.3 Å². The van der Waals surface area contributed by atoms with E-state index in [2.05, 4.69) is 10.3 Å². The van der Waals surface area contributed by atoms with Crippen molar-refractivity contribution in [1.82, 2.24) is 9.88 Å². The summed E-state index contributed by atoms with van der Waals surface area (Å²) in [5.74, 6) is -3.68. The summed E-state index contributed by atoms with van der Waals surface area (Å²) >= 11 is 0. The van der Waals surface area contributed by atoms with E-state index in [1.54, 1.807) is 0 Å². The Morgan fingerprint density at radius 2 is 2.08 bits per heavy atom. The molecule has 1 aromatic heterocycles. The molecule has 0 saturated carbocycles. The molecule has 0 radical (unpaired) electrons. The number of aromatic nitrogens is 1. The second-order valence-corrected chi connectivity index (χ2v) is 5.59. The molecule has 1 aliphatic heterocycles. The van der Waals surface area contributed by atoms with Crippen LogP contribution in [0.2, 0.25) is 0 Å². The van der Waals surface area contributed by atoms with E-state index >= 15 is 0 Å². The van der Waals surface area contributed by atoms with E-state index in [0.29, 0.717) is 0 Å². The highest BCUT2D eigenvalue weighted by atomic mass is 19.3. The number of hydrogen-bond donors (Lipinski definition) is 1. The van der Waals surface area contributed by atoms with Crippen LogP contribution < -0.4 is 5.32 Å². The highest BCUT2D eigenvalue weighted by molar-refractivity contribution is 5.95. The Bertz CT molecular complexity index is 785. The van der Waals surface area contributed by atoms with Crippen LogP contribution in [0.3, 0.4) is 0 Å². The maximum absolute atomic E-state index is 14.0. The van der Waals surface area contributed by atoms with Gasteiger partial charge in [0, 0.05) is 11.9 Å². The fraction of sp³-hybridized carbons (Fsp3) is 0.438. The highest BCUT2D eigenvalue weighted by Gasteiger charge is 2.47. The molecule has 3 rings (SSSR count). The Labute approximate surface area is 142 Å². The first-order valence-corrected chi connectivity index (χ1v) is 7.83. The zero-order chi connectivity index (χ0) is 18.8. The third-order valence-electron chi connectivity index (χ3n) is 3.81. The number of likely N-dealkylation sites (tertiary alicyclic amines) is 1. The number of pyridine rings is 1. The molecule has 1 N–H and O–H groups in total. The van der Waals surface area contributed by atoms with Gasteiger partial charge in [-0.05, 0) is 25.2 Å². The summed E-state index contributed by atoms with van der Waals surface area (Å²) in [5.41, 5.74) is -0.318. The average Bonchev–Trinajstić information content (AvgIpc) is 2.81. The Morgan fingerprint density at radius 3 is 2.64 bits per heavy atom. The van der Waals surface area contributed by atoms with Crippen LogP contribution in [0, 0.1) is 15.9 Å². The Kier molecular flexibility index (Phi) is 5.46. The largest absolute Gasteiger partial charge is 0.369 e. The molecule has 2 aromatic rings. The molecule has 1 saturated heterocycles. The first kappa shape index (κ1) is 18.9. The second kappa shape index (κ2) is 7.22. The van der Waals surface area contributed by atoms with Gasteiger partial charge in [0.15, 0.2) is 0 Å². The van der Waals surface area contributed by atoms with E-state index in [1.807, 2.05) is 13.8 Å². The van der Waals surface area contributed by atoms with Crippen molar-refractivity contribution < 1.29 is 18.1 Å². The first-order valence-electron chi connectivity index (χ1n) is 7.83. The van der Waals surface area contributed by atoms with Crippen molar-refractivity contribution in [3.05, 3.63) is 40.3 Å². The molecule has 0 spiro atoms. The fourth-order valence-corrected chi connectivity index (χ4v) is 2.75. The van der Waals surface area contributed by atoms with Crippen molar-refractivity contribution in [3.8, 4) is 0 Å². The molecular weight excluding hydrogens is 337 g/mol. The number of hydrogen-bond acceptors (Lipinski definition) is 5. The lowest BCUT2D eigenvalue weighted by atomic mass is 10.1. The topological polar surface area (TPSA) is 71.3 Å². The molecule has 2 heterocycles. The van der Waals surface area contributed by atoms with Crippen molar-refractivity contribution >= 4 is 22.3 Å². The summed E-state index contributed by atoms with van der Waals surface area (Å²) in [6.07, 6.45) is 0.985. The van der Waals surface area contributed by atoms with E-state index in [9.17, 15) is 23.3 Å². The van der Waals surface area contributed by atoms with Gasteiger partial charge in [-0.2, -0.15) is 0 Å². The van der Waals surface area contributed by atoms with E-state index < -0.39 is 34.9 Å². The fourth-order valence-electron chi connectivity index (χ4n) is 2.75. The summed E-state index contributed by atoms with van der Waals surface area (Å²) in [6.45, 7) is 3.57. The molecule has 136 valence electrons. The molecule has 1 atom stereocenters. The van der Waals surface area contributed by atoms with Crippen molar-refractivity contribution in [3.63, 3.8) is 0 Å². The molecule has 1 aliphatic rings. The molecule has 25 heavy (non-hydrogen) atoms. The average molecular weight is 356 g/mol. The molecule has 9 heteroatoms. The SMILES string of the molecule is CC.CN1CC(Nc2c([N+](=O)[O-])cnc3ccc(F)cc23)C(F)(F)C1. The van der Waals surface area contributed by atoms with Gasteiger partial charge in [-0.1, -0.05) is 13.8 Å². The first-order chi connectivity index (χ1) is 11.8. The van der Waals surface area contributed by atoms with Crippen LogP contribution in [0.4, 0.5) is 24.5 Å². The van der Waals surface area contributed by atoms with Crippen molar-refractivity contribution in [1.29, 1.82) is 0 Å². The van der Waals surface area contributed by atoms with Gasteiger partial charge in [-0.3, -0.25) is 15.0 Å². The van der Waals surface area contributed by atoms with Gasteiger partial charge in [-0.25, -0.2) is 18.2 Å². The highest BCUT2D eigenvalue weighted by Crippen LogP contribution is 2.36. The van der Waals surface area contributed by atoms with Gasteiger partial charge < -0.3 is 5.32 Å². The van der Waals surface area contributed by atoms with Gasteiger partial charge in [0.2, 0.25) is 0 Å². The normalized spacial score (nSPS) is 19.4. The molecule has 1 fully saturated rings. The zero-order valence-electron chi connectivity index (χ0n) is 14.1. The lowest BCUT2D eigenvalue weighted by Crippen LogP contribution is -2.38. The van der Waals surface area contributed by atoms with Crippen molar-refractivity contribution in [2.24, 2.45) is 0 Å². The lowest BCUT2D eigenvalue weighted by Gasteiger charge is -2.21. The molecule has 0 amide bonds. The second-order valence-electron chi connectivity index (χ2n) is 5.59. The molecule has 0 bridgehead atoms. The number of rotatable bonds is 3. The van der Waals surface area contributed by atoms with Crippen LogP contribution in [-0.4, -0.2) is 46.9 Å². The summed E-state index contributed by atoms with van der Waals surface area (Å²) in [4.78, 5) is 15.8. The predicted octanol–water partition coefficient (Wildman–Crippen LogP) is 3.67. The predicted molar refractivity (Wildman–Crippen MR) is 89.6 cm³/mol. The maximum Gasteiger partial charge on any atom is 0.311 e. The zero-order valence-corrected chi connectivity index (χ0v) is 14.1. The molecule has 6 nitrogen and oxygen atoms in total. The van der Waals surface area contributed by atoms with Crippen molar-refractivity contribution in [2.75, 3.05) is 25.5 Å². The minimum absolute atomic E-state index is 0.0171. The van der Waals surface area contributed by atoms with Crippen LogP contribution in [0.25, 0.3) is 10.9 Å². The Morgan fingerprint density at radius 1 is 1.40 bits per heavy atom. The summed E-state index contributed by atoms with van der Waals surface area (Å²) < 4.78 is 41.5. The quantitative estimate of drug-likeness (QED) is 0.671. The third kappa shape index (κ3) is 3.81.